The van der Waals surface area contributed by atoms with Gasteiger partial charge in [0, 0.05) is 18.0 Å². The zero-order valence-electron chi connectivity index (χ0n) is 26.5. The number of aromatic nitrogens is 3. The Morgan fingerprint density at radius 1 is 1.07 bits per heavy atom. The molecular weight excluding hydrogens is 713 g/mol. The first-order valence-corrected chi connectivity index (χ1v) is 17.3. The number of likely N-dealkylation sites (N-methyl/N-ethyl adjacent to an activating group) is 1. The minimum absolute atomic E-state index is 0.0349. The molecule has 2 aromatic heterocycles. The first-order chi connectivity index (χ1) is 22.1. The fourth-order valence-electron chi connectivity index (χ4n) is 4.72. The molecule has 1 amide bonds. The van der Waals surface area contributed by atoms with Crippen LogP contribution in [0.25, 0.3) is 16.9 Å². The number of quaternary nitrogens is 1. The van der Waals surface area contributed by atoms with Crippen molar-refractivity contribution in [2.75, 3.05) is 63.9 Å². The molecule has 4 aromatic rings. The topological polar surface area (TPSA) is 116 Å². The zero-order valence-corrected chi connectivity index (χ0v) is 28.7. The maximum atomic E-state index is 14.8. The van der Waals surface area contributed by atoms with Crippen LogP contribution in [0, 0.1) is 11.6 Å². The monoisotopic (exact) mass is 752 g/mol. The van der Waals surface area contributed by atoms with Gasteiger partial charge in [0.15, 0.2) is 23.0 Å². The second-order valence-electron chi connectivity index (χ2n) is 10.6. The van der Waals surface area contributed by atoms with Crippen LogP contribution in [0.2, 0.25) is 0 Å². The first-order valence-electron chi connectivity index (χ1n) is 14.8. The molecule has 0 aliphatic carbocycles. The summed E-state index contributed by atoms with van der Waals surface area (Å²) in [5.41, 5.74) is 2.88. The number of carbonyl (C=O) groups is 2. The Morgan fingerprint density at radius 2 is 1.87 bits per heavy atom. The molecule has 2 heterocycles. The summed E-state index contributed by atoms with van der Waals surface area (Å²) in [6.45, 7) is 5.83. The van der Waals surface area contributed by atoms with Gasteiger partial charge < -0.3 is 4.74 Å². The summed E-state index contributed by atoms with van der Waals surface area (Å²) in [4.78, 5) is 33.5. The third-order valence-corrected chi connectivity index (χ3v) is 10.0. The van der Waals surface area contributed by atoms with Crippen LogP contribution in [0.3, 0.4) is 0 Å². The molecule has 0 spiro atoms. The summed E-state index contributed by atoms with van der Waals surface area (Å²) >= 11 is -0.316. The number of imidazole rings is 1. The second kappa shape index (κ2) is 16.1. The predicted octanol–water partition coefficient (Wildman–Crippen LogP) is 1.38. The molecule has 0 aliphatic heterocycles. The molecule has 0 fully saturated rings. The van der Waals surface area contributed by atoms with E-state index >= 15 is 0 Å². The van der Waals surface area contributed by atoms with E-state index in [1.165, 1.54) is 31.6 Å². The molecule has 2 aromatic carbocycles. The Morgan fingerprint density at radius 3 is 2.61 bits per heavy atom. The molecule has 14 heteroatoms. The van der Waals surface area contributed by atoms with E-state index in [4.69, 9.17) is 14.2 Å². The van der Waals surface area contributed by atoms with Gasteiger partial charge in [0.1, 0.15) is 0 Å². The molecule has 11 nitrogen and oxygen atoms in total. The number of amides is 1. The molecular formula is C32H39F2IN6O5. The first kappa shape index (κ1) is 35.0. The number of alkyl halides is 1. The number of hydrogen-bond acceptors (Lipinski definition) is 8. The molecule has 248 valence electrons. The fraction of sp³-hybridized carbons (Fsp3) is 0.375. The van der Waals surface area contributed by atoms with Gasteiger partial charge in [0.25, 0.3) is 0 Å². The van der Waals surface area contributed by atoms with Gasteiger partial charge in [-0.1, -0.05) is 0 Å². The molecule has 0 bridgehead atoms. The number of ether oxygens (including phenoxy) is 3. The second-order valence-corrected chi connectivity index (χ2v) is 15.0. The molecule has 46 heavy (non-hydrogen) atoms. The van der Waals surface area contributed by atoms with Crippen molar-refractivity contribution in [3.8, 4) is 17.0 Å². The van der Waals surface area contributed by atoms with Crippen molar-refractivity contribution in [3.63, 3.8) is 0 Å². The molecule has 0 saturated carbocycles. The van der Waals surface area contributed by atoms with Crippen LogP contribution in [-0.4, -0.2) is 87.5 Å². The van der Waals surface area contributed by atoms with Crippen molar-refractivity contribution in [2.24, 2.45) is 0 Å². The van der Waals surface area contributed by atoms with Gasteiger partial charge in [0.05, 0.1) is 19.0 Å². The quantitative estimate of drug-likeness (QED) is 0.0581. The normalized spacial score (nSPS) is 11.5. The number of methoxy groups -OCH3 is 1. The van der Waals surface area contributed by atoms with E-state index in [2.05, 4.69) is 20.6 Å². The molecule has 0 atom stereocenters. The summed E-state index contributed by atoms with van der Waals surface area (Å²) in [6.07, 6.45) is 5.22. The fourth-order valence-corrected chi connectivity index (χ4v) is 7.06. The number of benzene rings is 2. The summed E-state index contributed by atoms with van der Waals surface area (Å²) in [6, 6.07) is 8.20. The average Bonchev–Trinajstić information content (AvgIpc) is 3.46. The molecule has 0 radical (unpaired) electrons. The van der Waals surface area contributed by atoms with E-state index in [0.29, 0.717) is 70.4 Å². The standard InChI is InChI=1S/C32H39F2IN6O5/c1-6-21-18-22(8-9-23(21)32(43)37-14-17-45-16-12-35-41(3,4)20-27(42)46-7-2)39-30-31-38-19-25(40(31)15-13-36-30)24-10-11-26(44-5)29(34)28(24)33/h8-11,13,15,18-19H,6-7,12,14,16-17,20H2,1-5H3,(H,36,39)(H,37,43). The third kappa shape index (κ3) is 8.67. The Balaban J connectivity index is 1.34. The van der Waals surface area contributed by atoms with Crippen molar-refractivity contribution in [2.45, 2.75) is 20.3 Å². The van der Waals surface area contributed by atoms with Gasteiger partial charge in [-0.15, -0.1) is 0 Å². The molecule has 2 N–H and O–H groups in total. The number of carbonyl (C=O) groups excluding carboxylic acids is 2. The van der Waals surface area contributed by atoms with Crippen molar-refractivity contribution < 1.29 is 56.8 Å². The van der Waals surface area contributed by atoms with Crippen LogP contribution in [0.15, 0.2) is 48.9 Å². The van der Waals surface area contributed by atoms with Crippen LogP contribution in [-0.2, 0) is 20.7 Å². The Labute approximate surface area is 277 Å². The van der Waals surface area contributed by atoms with Gasteiger partial charge in [-0.2, -0.15) is 4.39 Å². The van der Waals surface area contributed by atoms with Crippen molar-refractivity contribution in [1.82, 2.24) is 19.7 Å². The number of fused-ring (bicyclic) bond motifs is 1. The van der Waals surface area contributed by atoms with Crippen LogP contribution in [0.4, 0.5) is 20.3 Å². The SMILES string of the molecule is CCOC(=O)C[N+](C)(C)[I-]CCOCCNC(=O)c1ccc(Nc2nccn3c(-c4ccc(OC)c(F)c4F)cnc23)cc1CC. The molecule has 0 saturated heterocycles. The third-order valence-electron chi connectivity index (χ3n) is 6.94. The van der Waals surface area contributed by atoms with Gasteiger partial charge in [-0.05, 0) is 12.1 Å². The molecule has 0 unspecified atom stereocenters. The summed E-state index contributed by atoms with van der Waals surface area (Å²) in [7, 11) is 5.32. The van der Waals surface area contributed by atoms with Crippen molar-refractivity contribution >= 4 is 29.0 Å². The summed E-state index contributed by atoms with van der Waals surface area (Å²) in [5, 5.41) is 6.15. The number of rotatable bonds is 16. The number of aryl methyl sites for hydroxylation is 1. The number of halogens is 3. The van der Waals surface area contributed by atoms with E-state index in [-0.39, 0.29) is 44.7 Å². The van der Waals surface area contributed by atoms with Crippen molar-refractivity contribution in [3.05, 3.63) is 71.7 Å². The minimum atomic E-state index is -1.07. The van der Waals surface area contributed by atoms with Gasteiger partial charge in [-0.25, -0.2) is 14.4 Å². The van der Waals surface area contributed by atoms with Crippen LogP contribution in [0.5, 0.6) is 5.75 Å². The Hall–Kier alpha value is -3.89. The maximum absolute atomic E-state index is 14.8. The van der Waals surface area contributed by atoms with Gasteiger partial charge in [0.2, 0.25) is 5.82 Å². The summed E-state index contributed by atoms with van der Waals surface area (Å²) < 4.78 is 48.0. The Kier molecular flexibility index (Phi) is 12.2. The van der Waals surface area contributed by atoms with E-state index in [1.807, 2.05) is 27.1 Å². The number of nitrogens with zero attached hydrogens (tertiary/aromatic N) is 4. The van der Waals surface area contributed by atoms with Crippen LogP contribution < -0.4 is 36.8 Å². The van der Waals surface area contributed by atoms with Crippen LogP contribution >= 0.6 is 0 Å². The van der Waals surface area contributed by atoms with Crippen molar-refractivity contribution in [1.29, 1.82) is 0 Å². The predicted molar refractivity (Wildman–Crippen MR) is 166 cm³/mol. The van der Waals surface area contributed by atoms with Gasteiger partial charge in [-0.3, -0.25) is 4.40 Å². The number of esters is 1. The van der Waals surface area contributed by atoms with E-state index in [1.54, 1.807) is 29.7 Å². The summed E-state index contributed by atoms with van der Waals surface area (Å²) in [5.74, 6) is -2.27. The van der Waals surface area contributed by atoms with Crippen LogP contribution in [0.1, 0.15) is 29.8 Å². The van der Waals surface area contributed by atoms with E-state index in [9.17, 15) is 18.4 Å². The number of hydrogen-bond donors (Lipinski definition) is 2. The average molecular weight is 753 g/mol. The van der Waals surface area contributed by atoms with Gasteiger partial charge >= 0.3 is 172 Å². The van der Waals surface area contributed by atoms with E-state index < -0.39 is 11.6 Å². The number of nitrogens with one attached hydrogen (secondary N) is 2. The molecule has 4 rings (SSSR count). The Bertz CT molecular complexity index is 1680. The number of anilines is 2. The van der Waals surface area contributed by atoms with E-state index in [0.717, 1.165) is 9.99 Å². The molecule has 0 aliphatic rings. The zero-order chi connectivity index (χ0) is 33.3.